The lowest BCUT2D eigenvalue weighted by molar-refractivity contribution is -0.149. The van der Waals surface area contributed by atoms with Crippen molar-refractivity contribution in [3.05, 3.63) is 64.9 Å². The molecular weight excluding hydrogens is 379 g/mol. The Bertz CT molecular complexity index is 1040. The van der Waals surface area contributed by atoms with Gasteiger partial charge in [-0.15, -0.1) is 0 Å². The van der Waals surface area contributed by atoms with Crippen molar-refractivity contribution in [2.75, 3.05) is 6.61 Å². The Morgan fingerprint density at radius 1 is 1.17 bits per heavy atom. The van der Waals surface area contributed by atoms with Crippen molar-refractivity contribution in [3.8, 4) is 11.6 Å². The SMILES string of the molecule is Cc1cc(-n2c(C)cc(C(=O)COC(=O)[C@H](C)Oc3ccc(F)cc3)c2C)no1. The van der Waals surface area contributed by atoms with E-state index >= 15 is 0 Å². The van der Waals surface area contributed by atoms with Gasteiger partial charge in [0.15, 0.2) is 18.5 Å². The van der Waals surface area contributed by atoms with E-state index in [1.165, 1.54) is 31.2 Å². The molecule has 29 heavy (non-hydrogen) atoms. The zero-order valence-corrected chi connectivity index (χ0v) is 16.6. The Balaban J connectivity index is 1.63. The van der Waals surface area contributed by atoms with Gasteiger partial charge in [-0.3, -0.25) is 9.36 Å². The minimum absolute atomic E-state index is 0.327. The zero-order chi connectivity index (χ0) is 21.1. The average Bonchev–Trinajstić information content (AvgIpc) is 3.23. The lowest BCUT2D eigenvalue weighted by Crippen LogP contribution is -2.28. The standard InChI is InChI=1S/C21H21FN2O5/c1-12-9-18(14(3)24(12)20-10-13(2)29-23-20)19(25)11-27-21(26)15(4)28-17-7-5-16(22)6-8-17/h5-10,15H,11H2,1-4H3/t15-/m0/s1. The van der Waals surface area contributed by atoms with Crippen LogP contribution in [0.15, 0.2) is 40.9 Å². The fourth-order valence-electron chi connectivity index (χ4n) is 2.95. The normalized spacial score (nSPS) is 11.9. The third kappa shape index (κ3) is 4.53. The predicted molar refractivity (Wildman–Crippen MR) is 102 cm³/mol. The maximum Gasteiger partial charge on any atom is 0.347 e. The molecule has 0 saturated carbocycles. The number of ketones is 1. The first-order valence-corrected chi connectivity index (χ1v) is 9.01. The first kappa shape index (κ1) is 20.3. The van der Waals surface area contributed by atoms with Crippen LogP contribution in [-0.2, 0) is 9.53 Å². The summed E-state index contributed by atoms with van der Waals surface area (Å²) in [6.45, 7) is 6.49. The molecular formula is C21H21FN2O5. The highest BCUT2D eigenvalue weighted by Gasteiger charge is 2.22. The lowest BCUT2D eigenvalue weighted by atomic mass is 10.1. The molecule has 8 heteroatoms. The van der Waals surface area contributed by atoms with Crippen LogP contribution in [0, 0.1) is 26.6 Å². The Morgan fingerprint density at radius 2 is 1.86 bits per heavy atom. The van der Waals surface area contributed by atoms with Gasteiger partial charge in [-0.2, -0.15) is 0 Å². The number of esters is 1. The maximum absolute atomic E-state index is 12.9. The Morgan fingerprint density at radius 3 is 2.48 bits per heavy atom. The van der Waals surface area contributed by atoms with Crippen LogP contribution < -0.4 is 4.74 Å². The summed E-state index contributed by atoms with van der Waals surface area (Å²) in [5, 5.41) is 3.97. The number of carbonyl (C=O) groups excluding carboxylic acids is 2. The Hall–Kier alpha value is -3.42. The van der Waals surface area contributed by atoms with Gasteiger partial charge < -0.3 is 14.0 Å². The summed E-state index contributed by atoms with van der Waals surface area (Å²) in [5.74, 6) is 0.125. The van der Waals surface area contributed by atoms with Gasteiger partial charge in [0.25, 0.3) is 0 Å². The summed E-state index contributed by atoms with van der Waals surface area (Å²) in [6.07, 6.45) is -0.946. The topological polar surface area (TPSA) is 83.6 Å². The Kier molecular flexibility index (Phi) is 5.81. The number of halogens is 1. The third-order valence-electron chi connectivity index (χ3n) is 4.38. The van der Waals surface area contributed by atoms with Crippen molar-refractivity contribution in [1.82, 2.24) is 9.72 Å². The highest BCUT2D eigenvalue weighted by molar-refractivity contribution is 5.99. The number of hydrogen-bond donors (Lipinski definition) is 0. The van der Waals surface area contributed by atoms with Crippen LogP contribution >= 0.6 is 0 Å². The van der Waals surface area contributed by atoms with Gasteiger partial charge in [0.1, 0.15) is 17.3 Å². The lowest BCUT2D eigenvalue weighted by Gasteiger charge is -2.13. The van der Waals surface area contributed by atoms with E-state index in [9.17, 15) is 14.0 Å². The first-order chi connectivity index (χ1) is 13.8. The number of aromatic nitrogens is 2. The maximum atomic E-state index is 12.9. The molecule has 0 N–H and O–H groups in total. The smallest absolute Gasteiger partial charge is 0.347 e. The van der Waals surface area contributed by atoms with Gasteiger partial charge in [0.2, 0.25) is 5.78 Å². The van der Waals surface area contributed by atoms with Crippen molar-refractivity contribution in [1.29, 1.82) is 0 Å². The summed E-state index contributed by atoms with van der Waals surface area (Å²) in [4.78, 5) is 24.7. The number of aryl methyl sites for hydroxylation is 2. The van der Waals surface area contributed by atoms with E-state index in [4.69, 9.17) is 14.0 Å². The number of nitrogens with zero attached hydrogens (tertiary/aromatic N) is 2. The molecule has 0 amide bonds. The molecule has 2 aromatic heterocycles. The van der Waals surface area contributed by atoms with E-state index in [0.717, 1.165) is 5.69 Å². The van der Waals surface area contributed by atoms with Crippen LogP contribution in [0.3, 0.4) is 0 Å². The van der Waals surface area contributed by atoms with Crippen LogP contribution in [0.25, 0.3) is 5.82 Å². The third-order valence-corrected chi connectivity index (χ3v) is 4.38. The molecule has 0 bridgehead atoms. The zero-order valence-electron chi connectivity index (χ0n) is 16.6. The number of Topliss-reactive ketones (excluding diaryl/α,β-unsaturated/α-hetero) is 1. The largest absolute Gasteiger partial charge is 0.479 e. The molecule has 0 aliphatic carbocycles. The Labute approximate surface area is 167 Å². The van der Waals surface area contributed by atoms with Gasteiger partial charge in [0, 0.05) is 23.0 Å². The fraction of sp³-hybridized carbons (Fsp3) is 0.286. The summed E-state index contributed by atoms with van der Waals surface area (Å²) in [5.41, 5.74) is 1.91. The second kappa shape index (κ2) is 8.30. The molecule has 2 heterocycles. The van der Waals surface area contributed by atoms with Crippen LogP contribution in [0.1, 0.15) is 34.4 Å². The molecule has 0 unspecified atom stereocenters. The van der Waals surface area contributed by atoms with Crippen molar-refractivity contribution in [2.24, 2.45) is 0 Å². The molecule has 1 aromatic carbocycles. The minimum atomic E-state index is -0.946. The monoisotopic (exact) mass is 400 g/mol. The van der Waals surface area contributed by atoms with E-state index in [1.54, 1.807) is 30.5 Å². The first-order valence-electron chi connectivity index (χ1n) is 9.01. The number of carbonyl (C=O) groups is 2. The average molecular weight is 400 g/mol. The van der Waals surface area contributed by atoms with Crippen LogP contribution in [0.5, 0.6) is 5.75 Å². The van der Waals surface area contributed by atoms with Crippen LogP contribution in [-0.4, -0.2) is 34.2 Å². The van der Waals surface area contributed by atoms with E-state index in [2.05, 4.69) is 5.16 Å². The molecule has 0 aliphatic rings. The van der Waals surface area contributed by atoms with Crippen LogP contribution in [0.2, 0.25) is 0 Å². The second-order valence-corrected chi connectivity index (χ2v) is 6.66. The molecule has 0 radical (unpaired) electrons. The van der Waals surface area contributed by atoms with Crippen LogP contribution in [0.4, 0.5) is 4.39 Å². The molecule has 7 nitrogen and oxygen atoms in total. The second-order valence-electron chi connectivity index (χ2n) is 6.66. The number of ether oxygens (including phenoxy) is 2. The highest BCUT2D eigenvalue weighted by atomic mass is 19.1. The number of rotatable bonds is 7. The molecule has 3 rings (SSSR count). The van der Waals surface area contributed by atoms with Crippen molar-refractivity contribution in [2.45, 2.75) is 33.8 Å². The molecule has 152 valence electrons. The molecule has 0 fully saturated rings. The van der Waals surface area contributed by atoms with E-state index in [1.807, 2.05) is 6.92 Å². The van der Waals surface area contributed by atoms with E-state index < -0.39 is 24.5 Å². The summed E-state index contributed by atoms with van der Waals surface area (Å²) in [7, 11) is 0. The summed E-state index contributed by atoms with van der Waals surface area (Å²) < 4.78 is 30.3. The van der Waals surface area contributed by atoms with Crippen molar-refractivity contribution < 1.29 is 28.0 Å². The molecule has 0 spiro atoms. The fourth-order valence-corrected chi connectivity index (χ4v) is 2.95. The van der Waals surface area contributed by atoms with E-state index in [-0.39, 0.29) is 5.78 Å². The van der Waals surface area contributed by atoms with Gasteiger partial charge in [-0.05, 0) is 58.0 Å². The van der Waals surface area contributed by atoms with Crippen molar-refractivity contribution in [3.63, 3.8) is 0 Å². The minimum Gasteiger partial charge on any atom is -0.479 e. The number of hydrogen-bond acceptors (Lipinski definition) is 6. The van der Waals surface area contributed by atoms with Gasteiger partial charge >= 0.3 is 5.97 Å². The molecule has 0 saturated heterocycles. The summed E-state index contributed by atoms with van der Waals surface area (Å²) >= 11 is 0. The number of benzene rings is 1. The van der Waals surface area contributed by atoms with Gasteiger partial charge in [-0.1, -0.05) is 5.16 Å². The van der Waals surface area contributed by atoms with E-state index in [0.29, 0.717) is 28.6 Å². The van der Waals surface area contributed by atoms with Crippen molar-refractivity contribution >= 4 is 11.8 Å². The molecule has 1 atom stereocenters. The molecule has 0 aliphatic heterocycles. The molecule has 3 aromatic rings. The quantitative estimate of drug-likeness (QED) is 0.444. The highest BCUT2D eigenvalue weighted by Crippen LogP contribution is 2.21. The van der Waals surface area contributed by atoms with Gasteiger partial charge in [0.05, 0.1) is 0 Å². The summed E-state index contributed by atoms with van der Waals surface area (Å²) in [6, 6.07) is 8.75. The van der Waals surface area contributed by atoms with Gasteiger partial charge in [-0.25, -0.2) is 9.18 Å². The predicted octanol–water partition coefficient (Wildman–Crippen LogP) is 3.72.